The van der Waals surface area contributed by atoms with Crippen LogP contribution in [-0.2, 0) is 0 Å². The first-order chi connectivity index (χ1) is 2.50. The molecular formula is C2H2N2O+. The van der Waals surface area contributed by atoms with Crippen LogP contribution in [0.3, 0.4) is 0 Å². The first-order valence-corrected chi connectivity index (χ1v) is 1.13. The third-order valence-corrected chi connectivity index (χ3v) is 0.251. The van der Waals surface area contributed by atoms with Crippen LogP contribution in [-0.4, -0.2) is 10.4 Å². The van der Waals surface area contributed by atoms with Gasteiger partial charge in [0.2, 0.25) is 0 Å². The predicted molar refractivity (Wildman–Crippen MR) is 14.2 cm³/mol. The van der Waals surface area contributed by atoms with Crippen LogP contribution in [0.15, 0.2) is 10.8 Å². The van der Waals surface area contributed by atoms with Gasteiger partial charge in [0.25, 0.3) is 0 Å². The molecule has 0 unspecified atom stereocenters. The number of rotatable bonds is 0. The maximum absolute atomic E-state index is 4.17. The molecule has 0 spiro atoms. The van der Waals surface area contributed by atoms with E-state index in [2.05, 4.69) is 21.1 Å². The van der Waals surface area contributed by atoms with E-state index < -0.39 is 0 Å². The number of aromatic nitrogens is 2. The summed E-state index contributed by atoms with van der Waals surface area (Å²) in [6.45, 7) is 0. The summed E-state index contributed by atoms with van der Waals surface area (Å²) >= 11 is 0. The second kappa shape index (κ2) is 0.839. The Hall–Kier alpha value is -0.860. The van der Waals surface area contributed by atoms with E-state index in [0.717, 1.165) is 0 Å². The van der Waals surface area contributed by atoms with Gasteiger partial charge < -0.3 is 4.52 Å². The van der Waals surface area contributed by atoms with E-state index in [0.29, 0.717) is 0 Å². The summed E-state index contributed by atoms with van der Waals surface area (Å²) in [6, 6.07) is 0. The number of hydrogen-bond acceptors (Lipinski definition) is 3. The van der Waals surface area contributed by atoms with Gasteiger partial charge in [-0.2, -0.15) is 0 Å². The van der Waals surface area contributed by atoms with Crippen LogP contribution >= 0.6 is 0 Å². The van der Waals surface area contributed by atoms with E-state index in [4.69, 9.17) is 0 Å². The SMILES string of the molecule is [H+].[c]1conn1. The Bertz CT molecular complexity index is 68.0. The first kappa shape index (κ1) is 2.38. The lowest BCUT2D eigenvalue weighted by molar-refractivity contribution is 0.393. The van der Waals surface area contributed by atoms with Gasteiger partial charge in [0.1, 0.15) is 0 Å². The van der Waals surface area contributed by atoms with Gasteiger partial charge >= 0.3 is 1.43 Å². The Labute approximate surface area is 30.1 Å². The van der Waals surface area contributed by atoms with Gasteiger partial charge in [-0.1, -0.05) is 0 Å². The largest absolute Gasteiger partial charge is 1.00 e. The molecule has 0 amide bonds. The van der Waals surface area contributed by atoms with Gasteiger partial charge in [-0.05, 0) is 0 Å². The Morgan fingerprint density at radius 1 is 2.00 bits per heavy atom. The van der Waals surface area contributed by atoms with Crippen LogP contribution in [0.25, 0.3) is 0 Å². The molecule has 1 heterocycles. The van der Waals surface area contributed by atoms with Crippen molar-refractivity contribution in [1.82, 2.24) is 10.4 Å². The molecule has 25 valence electrons. The molecule has 0 N–H and O–H groups in total. The summed E-state index contributed by atoms with van der Waals surface area (Å²) < 4.78 is 4.17. The van der Waals surface area contributed by atoms with Gasteiger partial charge in [0.15, 0.2) is 12.5 Å². The van der Waals surface area contributed by atoms with Crippen molar-refractivity contribution >= 4 is 0 Å². The van der Waals surface area contributed by atoms with Crippen molar-refractivity contribution in [3.05, 3.63) is 12.5 Å². The summed E-state index contributed by atoms with van der Waals surface area (Å²) in [5, 5.41) is 6.22. The highest BCUT2D eigenvalue weighted by Crippen LogP contribution is 1.62. The van der Waals surface area contributed by atoms with Crippen LogP contribution in [0.5, 0.6) is 0 Å². The fourth-order valence-electron chi connectivity index (χ4n) is 0.118. The molecule has 3 nitrogen and oxygen atoms in total. The average molecular weight is 70.1 g/mol. The molecule has 1 aromatic heterocycles. The molecule has 0 aliphatic heterocycles. The molecule has 0 saturated carbocycles. The minimum Gasteiger partial charge on any atom is -0.345 e. The fourth-order valence-corrected chi connectivity index (χ4v) is 0.118. The maximum Gasteiger partial charge on any atom is 1.00 e. The zero-order valence-electron chi connectivity index (χ0n) is 3.38. The minimum atomic E-state index is 0. The van der Waals surface area contributed by atoms with Crippen molar-refractivity contribution in [3.8, 4) is 0 Å². The third kappa shape index (κ3) is 0.238. The van der Waals surface area contributed by atoms with E-state index in [1.54, 1.807) is 0 Å². The highest BCUT2D eigenvalue weighted by atomic mass is 16.5. The number of nitrogens with zero attached hydrogens (tertiary/aromatic N) is 2. The lowest BCUT2D eigenvalue weighted by Crippen LogP contribution is -1.54. The van der Waals surface area contributed by atoms with Crippen LogP contribution in [0.4, 0.5) is 0 Å². The van der Waals surface area contributed by atoms with E-state index in [1.165, 1.54) is 6.26 Å². The predicted octanol–water partition coefficient (Wildman–Crippen LogP) is -0.0177. The normalized spacial score (nSPS) is 8.00. The van der Waals surface area contributed by atoms with Gasteiger partial charge in [0, 0.05) is 5.27 Å². The highest BCUT2D eigenvalue weighted by molar-refractivity contribution is 4.43. The molecule has 1 aromatic rings. The summed E-state index contributed by atoms with van der Waals surface area (Å²) in [5.41, 5.74) is 0. The topological polar surface area (TPSA) is 38.9 Å². The Morgan fingerprint density at radius 2 is 3.00 bits per heavy atom. The van der Waals surface area contributed by atoms with Gasteiger partial charge in [-0.15, -0.1) is 5.10 Å². The van der Waals surface area contributed by atoms with E-state index >= 15 is 0 Å². The van der Waals surface area contributed by atoms with Crippen LogP contribution in [0, 0.1) is 6.20 Å². The molecule has 0 saturated heterocycles. The zero-order chi connectivity index (χ0) is 3.54. The van der Waals surface area contributed by atoms with Crippen LogP contribution < -0.4 is 0 Å². The average Bonchev–Trinajstić information content (AvgIpc) is 1.76. The fraction of sp³-hybridized carbons (Fsp3) is 0. The lowest BCUT2D eigenvalue weighted by atomic mass is 11.0. The van der Waals surface area contributed by atoms with E-state index in [9.17, 15) is 0 Å². The minimum absolute atomic E-state index is 0. The van der Waals surface area contributed by atoms with Gasteiger partial charge in [-0.3, -0.25) is 0 Å². The molecule has 0 bridgehead atoms. The van der Waals surface area contributed by atoms with Crippen LogP contribution in [0.2, 0.25) is 0 Å². The molecule has 0 aromatic carbocycles. The molecule has 0 aliphatic rings. The molecule has 3 heteroatoms. The summed E-state index contributed by atoms with van der Waals surface area (Å²) in [4.78, 5) is 0. The van der Waals surface area contributed by atoms with Crippen molar-refractivity contribution in [2.75, 3.05) is 0 Å². The highest BCUT2D eigenvalue weighted by Gasteiger charge is 1.63. The molecule has 1 rings (SSSR count). The molecule has 0 aliphatic carbocycles. The molecular weight excluding hydrogens is 68.0 g/mol. The summed E-state index contributed by atoms with van der Waals surface area (Å²) in [5.74, 6) is 0. The quantitative estimate of drug-likeness (QED) is 0.430. The molecule has 0 fully saturated rings. The van der Waals surface area contributed by atoms with Gasteiger partial charge in [0.05, 0.1) is 0 Å². The second-order valence-electron chi connectivity index (χ2n) is 0.534. The Kier molecular flexibility index (Phi) is 0.400. The molecule has 5 heavy (non-hydrogen) atoms. The van der Waals surface area contributed by atoms with Crippen molar-refractivity contribution in [1.29, 1.82) is 0 Å². The van der Waals surface area contributed by atoms with Crippen molar-refractivity contribution in [2.45, 2.75) is 0 Å². The number of hydrogen-bond donors (Lipinski definition) is 0. The summed E-state index contributed by atoms with van der Waals surface area (Å²) in [7, 11) is 0. The first-order valence-electron chi connectivity index (χ1n) is 1.13. The standard InChI is InChI=1S/C2HN2O/c1-2-5-4-3-1/h2H/p+1. The summed E-state index contributed by atoms with van der Waals surface area (Å²) in [6.07, 6.45) is 3.61. The zero-order valence-corrected chi connectivity index (χ0v) is 2.38. The third-order valence-electron chi connectivity index (χ3n) is 0.251. The Morgan fingerprint density at radius 3 is 3.20 bits per heavy atom. The lowest BCUT2D eigenvalue weighted by Gasteiger charge is -1.44. The van der Waals surface area contributed by atoms with Crippen molar-refractivity contribution < 1.29 is 5.95 Å². The van der Waals surface area contributed by atoms with Crippen molar-refractivity contribution in [2.24, 2.45) is 0 Å². The van der Waals surface area contributed by atoms with E-state index in [-0.39, 0.29) is 1.43 Å². The molecule has 1 radical (unpaired) electrons. The van der Waals surface area contributed by atoms with E-state index in [1.807, 2.05) is 0 Å². The molecule has 0 atom stereocenters. The van der Waals surface area contributed by atoms with Crippen molar-refractivity contribution in [3.63, 3.8) is 0 Å². The van der Waals surface area contributed by atoms with Crippen LogP contribution in [0.1, 0.15) is 1.43 Å². The van der Waals surface area contributed by atoms with Gasteiger partial charge in [-0.25, -0.2) is 0 Å². The second-order valence-corrected chi connectivity index (χ2v) is 0.534. The Balaban J connectivity index is 0.000000250. The monoisotopic (exact) mass is 70.0 g/mol. The maximum atomic E-state index is 4.17. The smallest absolute Gasteiger partial charge is 0.345 e.